The van der Waals surface area contributed by atoms with Crippen molar-refractivity contribution in [1.29, 1.82) is 0 Å². The van der Waals surface area contributed by atoms with Crippen LogP contribution < -0.4 is 0 Å². The molecule has 0 spiro atoms. The average molecular weight is 213 g/mol. The van der Waals surface area contributed by atoms with Crippen molar-refractivity contribution < 1.29 is 0 Å². The summed E-state index contributed by atoms with van der Waals surface area (Å²) < 4.78 is 0. The molecule has 0 amide bonds. The molecule has 0 radical (unpaired) electrons. The molecule has 2 aromatic rings. The van der Waals surface area contributed by atoms with Gasteiger partial charge >= 0.3 is 0 Å². The monoisotopic (exact) mass is 212 g/mol. The van der Waals surface area contributed by atoms with Gasteiger partial charge in [0.15, 0.2) is 10.3 Å². The van der Waals surface area contributed by atoms with Crippen molar-refractivity contribution in [1.82, 2.24) is 9.97 Å². The van der Waals surface area contributed by atoms with Crippen LogP contribution in [0.4, 0.5) is 0 Å². The van der Waals surface area contributed by atoms with Crippen LogP contribution in [0.25, 0.3) is 11.0 Å². The second-order valence-electron chi connectivity index (χ2n) is 2.80. The van der Waals surface area contributed by atoms with E-state index in [1.807, 2.05) is 25.1 Å². The van der Waals surface area contributed by atoms with Gasteiger partial charge in [-0.05, 0) is 24.6 Å². The number of fused-ring (bicyclic) bond motifs is 1. The Kier molecular flexibility index (Phi) is 2.10. The maximum absolute atomic E-state index is 5.73. The molecule has 0 fully saturated rings. The van der Waals surface area contributed by atoms with Crippen LogP contribution in [0.5, 0.6) is 0 Å². The normalized spacial score (nSPS) is 10.7. The van der Waals surface area contributed by atoms with E-state index in [4.69, 9.17) is 23.2 Å². The van der Waals surface area contributed by atoms with E-state index in [0.29, 0.717) is 0 Å². The van der Waals surface area contributed by atoms with Gasteiger partial charge in [0.05, 0.1) is 11.0 Å². The topological polar surface area (TPSA) is 25.8 Å². The van der Waals surface area contributed by atoms with Crippen LogP contribution in [0.3, 0.4) is 0 Å². The first-order valence-electron chi connectivity index (χ1n) is 3.76. The van der Waals surface area contributed by atoms with Crippen molar-refractivity contribution in [3.63, 3.8) is 0 Å². The first-order chi connectivity index (χ1) is 6.16. The number of nitrogens with zero attached hydrogens (tertiary/aromatic N) is 2. The quantitative estimate of drug-likeness (QED) is 0.671. The van der Waals surface area contributed by atoms with E-state index >= 15 is 0 Å². The van der Waals surface area contributed by atoms with Gasteiger partial charge in [-0.1, -0.05) is 29.3 Å². The van der Waals surface area contributed by atoms with Crippen molar-refractivity contribution in [3.05, 3.63) is 34.1 Å². The summed E-state index contributed by atoms with van der Waals surface area (Å²) in [4.78, 5) is 8.19. The molecule has 13 heavy (non-hydrogen) atoms. The van der Waals surface area contributed by atoms with Gasteiger partial charge in [-0.3, -0.25) is 0 Å². The van der Waals surface area contributed by atoms with Crippen molar-refractivity contribution in [2.45, 2.75) is 6.92 Å². The van der Waals surface area contributed by atoms with Crippen molar-refractivity contribution in [2.75, 3.05) is 0 Å². The van der Waals surface area contributed by atoms with Crippen LogP contribution in [0, 0.1) is 6.92 Å². The molecule has 0 atom stereocenters. The zero-order valence-corrected chi connectivity index (χ0v) is 8.39. The second kappa shape index (κ2) is 3.13. The summed E-state index contributed by atoms with van der Waals surface area (Å²) in [7, 11) is 0. The molecule has 0 bridgehead atoms. The van der Waals surface area contributed by atoms with E-state index in [-0.39, 0.29) is 10.3 Å². The molecule has 1 heterocycles. The highest BCUT2D eigenvalue weighted by molar-refractivity contribution is 6.40. The minimum absolute atomic E-state index is 0.248. The molecule has 0 aliphatic heterocycles. The molecule has 1 aromatic heterocycles. The summed E-state index contributed by atoms with van der Waals surface area (Å²) in [6.07, 6.45) is 0. The largest absolute Gasteiger partial charge is 0.231 e. The minimum Gasteiger partial charge on any atom is -0.231 e. The van der Waals surface area contributed by atoms with Crippen LogP contribution in [-0.4, -0.2) is 9.97 Å². The Morgan fingerprint density at radius 1 is 1.00 bits per heavy atom. The zero-order chi connectivity index (χ0) is 9.42. The molecule has 66 valence electrons. The molecule has 0 aliphatic rings. The third-order valence-corrected chi connectivity index (χ3v) is 2.36. The lowest BCUT2D eigenvalue weighted by Gasteiger charge is -1.99. The molecule has 1 aromatic carbocycles. The van der Waals surface area contributed by atoms with Gasteiger partial charge in [-0.15, -0.1) is 0 Å². The average Bonchev–Trinajstić information content (AvgIpc) is 2.08. The van der Waals surface area contributed by atoms with E-state index in [0.717, 1.165) is 16.6 Å². The molecule has 0 aliphatic carbocycles. The molecule has 4 heteroatoms. The van der Waals surface area contributed by atoms with Crippen LogP contribution in [0.1, 0.15) is 5.56 Å². The first kappa shape index (κ1) is 8.73. The Morgan fingerprint density at radius 2 is 1.62 bits per heavy atom. The molecule has 0 saturated heterocycles. The van der Waals surface area contributed by atoms with Crippen LogP contribution >= 0.6 is 23.2 Å². The van der Waals surface area contributed by atoms with E-state index in [1.165, 1.54) is 0 Å². The third kappa shape index (κ3) is 1.60. The fraction of sp³-hybridized carbons (Fsp3) is 0.111. The molecule has 0 N–H and O–H groups in total. The maximum Gasteiger partial charge on any atom is 0.167 e. The van der Waals surface area contributed by atoms with E-state index in [1.54, 1.807) is 0 Å². The second-order valence-corrected chi connectivity index (χ2v) is 3.51. The van der Waals surface area contributed by atoms with Gasteiger partial charge in [0.1, 0.15) is 0 Å². The number of hydrogen-bond donors (Lipinski definition) is 0. The summed E-state index contributed by atoms with van der Waals surface area (Å²) in [6.45, 7) is 1.99. The summed E-state index contributed by atoms with van der Waals surface area (Å²) in [5, 5.41) is 0.498. The van der Waals surface area contributed by atoms with Gasteiger partial charge in [0.2, 0.25) is 0 Å². The lowest BCUT2D eigenvalue weighted by atomic mass is 10.2. The lowest BCUT2D eigenvalue weighted by Crippen LogP contribution is -1.86. The summed E-state index contributed by atoms with van der Waals surface area (Å²) >= 11 is 11.5. The minimum atomic E-state index is 0.248. The van der Waals surface area contributed by atoms with E-state index in [9.17, 15) is 0 Å². The van der Waals surface area contributed by atoms with E-state index < -0.39 is 0 Å². The Morgan fingerprint density at radius 3 is 2.31 bits per heavy atom. The van der Waals surface area contributed by atoms with E-state index in [2.05, 4.69) is 9.97 Å². The van der Waals surface area contributed by atoms with Crippen molar-refractivity contribution >= 4 is 34.2 Å². The third-order valence-electron chi connectivity index (χ3n) is 1.74. The Balaban J connectivity index is 2.81. The van der Waals surface area contributed by atoms with Crippen molar-refractivity contribution in [3.8, 4) is 0 Å². The smallest absolute Gasteiger partial charge is 0.167 e. The van der Waals surface area contributed by atoms with Crippen LogP contribution in [0.15, 0.2) is 18.2 Å². The Labute approximate surface area is 85.5 Å². The summed E-state index contributed by atoms with van der Waals surface area (Å²) in [6, 6.07) is 5.76. The number of halogens is 2. The standard InChI is InChI=1S/C9H6Cl2N2/c1-5-2-3-6-7(4-5)13-9(11)8(10)12-6/h2-4H,1H3. The number of benzene rings is 1. The molecular weight excluding hydrogens is 207 g/mol. The number of aromatic nitrogens is 2. The molecule has 2 nitrogen and oxygen atoms in total. The summed E-state index contributed by atoms with van der Waals surface area (Å²) in [5.74, 6) is 0. The molecule has 2 rings (SSSR count). The fourth-order valence-electron chi connectivity index (χ4n) is 1.12. The molecular formula is C9H6Cl2N2. The predicted octanol–water partition coefficient (Wildman–Crippen LogP) is 3.25. The summed E-state index contributed by atoms with van der Waals surface area (Å²) in [5.41, 5.74) is 2.66. The molecule has 0 unspecified atom stereocenters. The fourth-order valence-corrected chi connectivity index (χ4v) is 1.39. The lowest BCUT2D eigenvalue weighted by molar-refractivity contribution is 1.28. The number of rotatable bonds is 0. The van der Waals surface area contributed by atoms with Crippen LogP contribution in [-0.2, 0) is 0 Å². The highest BCUT2D eigenvalue weighted by Crippen LogP contribution is 2.21. The van der Waals surface area contributed by atoms with Gasteiger partial charge in [-0.2, -0.15) is 0 Å². The highest BCUT2D eigenvalue weighted by atomic mass is 35.5. The highest BCUT2D eigenvalue weighted by Gasteiger charge is 2.03. The van der Waals surface area contributed by atoms with Gasteiger partial charge in [0, 0.05) is 0 Å². The van der Waals surface area contributed by atoms with Crippen LogP contribution in [0.2, 0.25) is 10.3 Å². The number of aryl methyl sites for hydroxylation is 1. The van der Waals surface area contributed by atoms with Crippen molar-refractivity contribution in [2.24, 2.45) is 0 Å². The zero-order valence-electron chi connectivity index (χ0n) is 6.88. The van der Waals surface area contributed by atoms with Gasteiger partial charge in [-0.25, -0.2) is 9.97 Å². The molecule has 0 saturated carbocycles. The predicted molar refractivity (Wildman–Crippen MR) is 54.3 cm³/mol. The van der Waals surface area contributed by atoms with Gasteiger partial charge in [0.25, 0.3) is 0 Å². The maximum atomic E-state index is 5.73. The Hall–Kier alpha value is -0.860. The number of hydrogen-bond acceptors (Lipinski definition) is 2. The Bertz CT molecular complexity index is 468. The van der Waals surface area contributed by atoms with Gasteiger partial charge < -0.3 is 0 Å². The SMILES string of the molecule is Cc1ccc2nc(Cl)c(Cl)nc2c1. The first-order valence-corrected chi connectivity index (χ1v) is 4.52.